The minimum Gasteiger partial charge on any atom is -0.251 e. The van der Waals surface area contributed by atoms with Gasteiger partial charge in [0.15, 0.2) is 0 Å². The van der Waals surface area contributed by atoms with Gasteiger partial charge >= 0.3 is 0 Å². The molecule has 0 N–H and O–H groups in total. The van der Waals surface area contributed by atoms with Gasteiger partial charge in [0.05, 0.1) is 5.52 Å². The van der Waals surface area contributed by atoms with Crippen molar-refractivity contribution in [3.63, 3.8) is 0 Å². The van der Waals surface area contributed by atoms with Crippen LogP contribution in [-0.4, -0.2) is 9.78 Å². The molecule has 0 saturated carbocycles. The summed E-state index contributed by atoms with van der Waals surface area (Å²) < 4.78 is 1.77. The van der Waals surface area contributed by atoms with Crippen LogP contribution >= 0.6 is 0 Å². The average molecular weight is 185 g/mol. The highest BCUT2D eigenvalue weighted by Gasteiger charge is 2.11. The van der Waals surface area contributed by atoms with Gasteiger partial charge in [-0.25, -0.2) is 0 Å². The maximum atomic E-state index is 9.04. The Morgan fingerprint density at radius 1 is 1.36 bits per heavy atom. The molecule has 14 heavy (non-hydrogen) atoms. The summed E-state index contributed by atoms with van der Waals surface area (Å²) in [5.74, 6) is 0. The van der Waals surface area contributed by atoms with E-state index in [2.05, 4.69) is 11.2 Å². The fraction of sp³-hybridized carbons (Fsp3) is 0.273. The second-order valence-electron chi connectivity index (χ2n) is 3.52. The molecule has 0 fully saturated rings. The monoisotopic (exact) mass is 185 g/mol. The zero-order valence-corrected chi connectivity index (χ0v) is 8.23. The third-order valence-corrected chi connectivity index (χ3v) is 2.20. The summed E-state index contributed by atoms with van der Waals surface area (Å²) in [6, 6.07) is 10.1. The van der Waals surface area contributed by atoms with Crippen LogP contribution in [0.3, 0.4) is 0 Å². The molecule has 0 aliphatic carbocycles. The molecule has 2 aromatic rings. The molecule has 0 bridgehead atoms. The maximum absolute atomic E-state index is 9.04. The van der Waals surface area contributed by atoms with Crippen molar-refractivity contribution < 1.29 is 0 Å². The van der Waals surface area contributed by atoms with E-state index in [1.165, 1.54) is 0 Å². The Kier molecular flexibility index (Phi) is 1.97. The largest absolute Gasteiger partial charge is 0.251 e. The van der Waals surface area contributed by atoms with Gasteiger partial charge in [0, 0.05) is 11.4 Å². The number of hydrogen-bond acceptors (Lipinski definition) is 2. The first-order valence-corrected chi connectivity index (χ1v) is 4.61. The van der Waals surface area contributed by atoms with Gasteiger partial charge in [-0.2, -0.15) is 10.4 Å². The van der Waals surface area contributed by atoms with Crippen molar-refractivity contribution in [3.8, 4) is 6.07 Å². The molecular weight excluding hydrogens is 174 g/mol. The van der Waals surface area contributed by atoms with Crippen LogP contribution in [0.1, 0.15) is 25.6 Å². The second kappa shape index (κ2) is 3.15. The zero-order chi connectivity index (χ0) is 10.1. The van der Waals surface area contributed by atoms with E-state index < -0.39 is 0 Å². The van der Waals surface area contributed by atoms with Crippen LogP contribution in [0.5, 0.6) is 0 Å². The van der Waals surface area contributed by atoms with Crippen molar-refractivity contribution in [2.45, 2.75) is 19.9 Å². The lowest BCUT2D eigenvalue weighted by Crippen LogP contribution is -2.04. The van der Waals surface area contributed by atoms with Crippen LogP contribution in [0.2, 0.25) is 0 Å². The van der Waals surface area contributed by atoms with Crippen LogP contribution in [0, 0.1) is 11.3 Å². The summed E-state index contributed by atoms with van der Waals surface area (Å²) in [5.41, 5.74) is 1.54. The molecular formula is C11H11N3. The molecule has 0 amide bonds. The third-order valence-electron chi connectivity index (χ3n) is 2.20. The molecule has 1 aromatic heterocycles. The Morgan fingerprint density at radius 3 is 2.71 bits per heavy atom. The van der Waals surface area contributed by atoms with Crippen molar-refractivity contribution in [1.29, 1.82) is 5.26 Å². The molecule has 0 aliphatic rings. The minimum absolute atomic E-state index is 0.219. The van der Waals surface area contributed by atoms with Gasteiger partial charge in [-0.05, 0) is 26.0 Å². The van der Waals surface area contributed by atoms with E-state index in [1.54, 1.807) is 4.68 Å². The van der Waals surface area contributed by atoms with E-state index in [0.717, 1.165) is 10.9 Å². The Labute approximate surface area is 82.6 Å². The summed E-state index contributed by atoms with van der Waals surface area (Å²) >= 11 is 0. The van der Waals surface area contributed by atoms with E-state index in [1.807, 2.05) is 38.1 Å². The summed E-state index contributed by atoms with van der Waals surface area (Å²) in [5, 5.41) is 14.4. The van der Waals surface area contributed by atoms with Crippen molar-refractivity contribution >= 4 is 10.9 Å². The molecule has 0 radical (unpaired) electrons. The highest BCUT2D eigenvalue weighted by molar-refractivity contribution is 5.83. The standard InChI is InChI=1S/C11H11N3/c1-8(2)14-11(7-12)9-5-3-4-6-10(9)13-14/h3-6,8H,1-2H3. The smallest absolute Gasteiger partial charge is 0.146 e. The van der Waals surface area contributed by atoms with Crippen molar-refractivity contribution in [2.75, 3.05) is 0 Å². The van der Waals surface area contributed by atoms with Crippen LogP contribution in [0.4, 0.5) is 0 Å². The topological polar surface area (TPSA) is 41.6 Å². The Morgan fingerprint density at radius 2 is 2.07 bits per heavy atom. The molecule has 3 heteroatoms. The number of aromatic nitrogens is 2. The van der Waals surface area contributed by atoms with E-state index in [-0.39, 0.29) is 6.04 Å². The molecule has 0 atom stereocenters. The fourth-order valence-electron chi connectivity index (χ4n) is 1.54. The number of hydrogen-bond donors (Lipinski definition) is 0. The molecule has 70 valence electrons. The number of benzene rings is 1. The Bertz CT molecular complexity index is 503. The minimum atomic E-state index is 0.219. The molecule has 0 saturated heterocycles. The molecule has 1 heterocycles. The molecule has 0 aliphatic heterocycles. The molecule has 3 nitrogen and oxygen atoms in total. The predicted octanol–water partition coefficient (Wildman–Crippen LogP) is 2.49. The van der Waals surface area contributed by atoms with Crippen molar-refractivity contribution in [2.24, 2.45) is 0 Å². The number of nitriles is 1. The average Bonchev–Trinajstić information content (AvgIpc) is 2.56. The summed E-state index contributed by atoms with van der Waals surface area (Å²) in [7, 11) is 0. The maximum Gasteiger partial charge on any atom is 0.146 e. The van der Waals surface area contributed by atoms with E-state index >= 15 is 0 Å². The lowest BCUT2D eigenvalue weighted by atomic mass is 10.2. The van der Waals surface area contributed by atoms with Gasteiger partial charge in [0.2, 0.25) is 0 Å². The normalized spacial score (nSPS) is 10.7. The van der Waals surface area contributed by atoms with Gasteiger partial charge < -0.3 is 0 Å². The summed E-state index contributed by atoms with van der Waals surface area (Å²) in [6.07, 6.45) is 0. The van der Waals surface area contributed by atoms with Gasteiger partial charge in [-0.15, -0.1) is 0 Å². The molecule has 0 spiro atoms. The molecule has 1 aromatic carbocycles. The predicted molar refractivity (Wildman–Crippen MR) is 54.8 cm³/mol. The lowest BCUT2D eigenvalue weighted by molar-refractivity contribution is 0.532. The highest BCUT2D eigenvalue weighted by atomic mass is 15.3. The van der Waals surface area contributed by atoms with E-state index in [0.29, 0.717) is 5.69 Å². The van der Waals surface area contributed by atoms with Gasteiger partial charge in [0.25, 0.3) is 0 Å². The zero-order valence-electron chi connectivity index (χ0n) is 8.23. The van der Waals surface area contributed by atoms with Gasteiger partial charge in [0.1, 0.15) is 11.8 Å². The van der Waals surface area contributed by atoms with E-state index in [4.69, 9.17) is 5.26 Å². The summed E-state index contributed by atoms with van der Waals surface area (Å²) in [4.78, 5) is 0. The molecule has 2 rings (SSSR count). The fourth-order valence-corrected chi connectivity index (χ4v) is 1.54. The molecule has 0 unspecified atom stereocenters. The summed E-state index contributed by atoms with van der Waals surface area (Å²) in [6.45, 7) is 4.04. The third kappa shape index (κ3) is 1.16. The highest BCUT2D eigenvalue weighted by Crippen LogP contribution is 2.20. The second-order valence-corrected chi connectivity index (χ2v) is 3.52. The van der Waals surface area contributed by atoms with Crippen LogP contribution in [-0.2, 0) is 0 Å². The van der Waals surface area contributed by atoms with E-state index in [9.17, 15) is 0 Å². The SMILES string of the molecule is CC(C)n1nc2ccccc2c1C#N. The van der Waals surface area contributed by atoms with Crippen LogP contribution in [0.15, 0.2) is 24.3 Å². The van der Waals surface area contributed by atoms with Crippen molar-refractivity contribution in [3.05, 3.63) is 30.0 Å². The van der Waals surface area contributed by atoms with Crippen LogP contribution in [0.25, 0.3) is 10.9 Å². The van der Waals surface area contributed by atoms with Crippen molar-refractivity contribution in [1.82, 2.24) is 9.78 Å². The Balaban J connectivity index is 2.81. The number of rotatable bonds is 1. The first-order chi connectivity index (χ1) is 6.74. The first kappa shape index (κ1) is 8.76. The van der Waals surface area contributed by atoms with Gasteiger partial charge in [-0.3, -0.25) is 4.68 Å². The Hall–Kier alpha value is -1.82. The number of nitrogens with zero attached hydrogens (tertiary/aromatic N) is 3. The lowest BCUT2D eigenvalue weighted by Gasteiger charge is -2.05. The number of fused-ring (bicyclic) bond motifs is 1. The van der Waals surface area contributed by atoms with Crippen LogP contribution < -0.4 is 0 Å². The quantitative estimate of drug-likeness (QED) is 0.684. The first-order valence-electron chi connectivity index (χ1n) is 4.61. The van der Waals surface area contributed by atoms with Gasteiger partial charge in [-0.1, -0.05) is 12.1 Å².